The van der Waals surface area contributed by atoms with E-state index in [1.807, 2.05) is 0 Å². The molecular formula is C5H8ClNO. The summed E-state index contributed by atoms with van der Waals surface area (Å²) in [5, 5.41) is 4.16. The highest BCUT2D eigenvalue weighted by molar-refractivity contribution is 6.65. The molecule has 0 aromatic heterocycles. The molecule has 0 amide bonds. The lowest BCUT2D eigenvalue weighted by atomic mass is 10.2. The summed E-state index contributed by atoms with van der Waals surface area (Å²) < 4.78 is 0. The van der Waals surface area contributed by atoms with Gasteiger partial charge in [-0.3, -0.25) is 0 Å². The Bertz CT molecular complexity index is 113. The highest BCUT2D eigenvalue weighted by Crippen LogP contribution is 2.14. The molecule has 1 heterocycles. The Balaban J connectivity index is 2.32. The van der Waals surface area contributed by atoms with Crippen molar-refractivity contribution >= 4 is 16.8 Å². The molecule has 8 heavy (non-hydrogen) atoms. The second kappa shape index (κ2) is 2.35. The predicted octanol–water partition coefficient (Wildman–Crippen LogP) is 1.74. The minimum Gasteiger partial charge on any atom is -0.391 e. The van der Waals surface area contributed by atoms with Crippen LogP contribution in [-0.4, -0.2) is 11.3 Å². The van der Waals surface area contributed by atoms with E-state index in [0.29, 0.717) is 5.17 Å². The van der Waals surface area contributed by atoms with Crippen molar-refractivity contribution in [3.05, 3.63) is 0 Å². The van der Waals surface area contributed by atoms with Crippen LogP contribution < -0.4 is 0 Å². The van der Waals surface area contributed by atoms with E-state index in [4.69, 9.17) is 16.4 Å². The van der Waals surface area contributed by atoms with Crippen molar-refractivity contribution in [3.8, 4) is 0 Å². The molecule has 1 atom stereocenters. The Kier molecular flexibility index (Phi) is 1.73. The van der Waals surface area contributed by atoms with Crippen LogP contribution in [-0.2, 0) is 4.84 Å². The average molecular weight is 134 g/mol. The van der Waals surface area contributed by atoms with Crippen LogP contribution in [0.25, 0.3) is 0 Å². The van der Waals surface area contributed by atoms with Crippen molar-refractivity contribution in [3.63, 3.8) is 0 Å². The Hall–Kier alpha value is -0.240. The van der Waals surface area contributed by atoms with Crippen LogP contribution in [0, 0.1) is 0 Å². The van der Waals surface area contributed by atoms with Gasteiger partial charge in [-0.25, -0.2) is 0 Å². The number of hydrogen-bond donors (Lipinski definition) is 0. The maximum atomic E-state index is 5.51. The summed E-state index contributed by atoms with van der Waals surface area (Å²) in [6.45, 7) is 2.05. The van der Waals surface area contributed by atoms with E-state index in [2.05, 4.69) is 12.1 Å². The van der Waals surface area contributed by atoms with Crippen molar-refractivity contribution in [2.24, 2.45) is 5.16 Å². The van der Waals surface area contributed by atoms with E-state index in [1.54, 1.807) is 0 Å². The molecule has 46 valence electrons. The summed E-state index contributed by atoms with van der Waals surface area (Å²) in [5.74, 6) is 0. The lowest BCUT2D eigenvalue weighted by Crippen LogP contribution is -2.02. The summed E-state index contributed by atoms with van der Waals surface area (Å²) in [5.41, 5.74) is 0. The molecule has 1 unspecified atom stereocenters. The monoisotopic (exact) mass is 133 g/mol. The first-order valence-electron chi connectivity index (χ1n) is 2.71. The second-order valence-corrected chi connectivity index (χ2v) is 2.24. The Labute approximate surface area is 53.5 Å². The van der Waals surface area contributed by atoms with E-state index >= 15 is 0 Å². The van der Waals surface area contributed by atoms with Crippen molar-refractivity contribution in [2.75, 3.05) is 0 Å². The molecule has 0 aromatic rings. The van der Waals surface area contributed by atoms with Gasteiger partial charge < -0.3 is 4.84 Å². The number of nitrogens with zero attached hydrogens (tertiary/aromatic N) is 1. The van der Waals surface area contributed by atoms with E-state index in [1.165, 1.54) is 0 Å². The van der Waals surface area contributed by atoms with Gasteiger partial charge in [0.25, 0.3) is 0 Å². The zero-order valence-corrected chi connectivity index (χ0v) is 5.48. The summed E-state index contributed by atoms with van der Waals surface area (Å²) in [7, 11) is 0. The first-order chi connectivity index (χ1) is 3.83. The fourth-order valence-corrected chi connectivity index (χ4v) is 0.825. The van der Waals surface area contributed by atoms with E-state index in [9.17, 15) is 0 Å². The minimum absolute atomic E-state index is 0.238. The van der Waals surface area contributed by atoms with Gasteiger partial charge in [0.05, 0.1) is 0 Å². The van der Waals surface area contributed by atoms with Gasteiger partial charge in [0, 0.05) is 6.42 Å². The molecule has 0 fully saturated rings. The van der Waals surface area contributed by atoms with Crippen molar-refractivity contribution in [1.29, 1.82) is 0 Å². The molecule has 1 aliphatic heterocycles. The SMILES string of the molecule is CCC1CC(Cl)=NO1. The lowest BCUT2D eigenvalue weighted by molar-refractivity contribution is 0.0829. The summed E-state index contributed by atoms with van der Waals surface area (Å²) in [6, 6.07) is 0. The molecule has 2 nitrogen and oxygen atoms in total. The second-order valence-electron chi connectivity index (χ2n) is 1.81. The van der Waals surface area contributed by atoms with E-state index in [0.717, 1.165) is 12.8 Å². The zero-order valence-electron chi connectivity index (χ0n) is 4.72. The Morgan fingerprint density at radius 2 is 2.75 bits per heavy atom. The minimum atomic E-state index is 0.238. The van der Waals surface area contributed by atoms with Gasteiger partial charge in [-0.05, 0) is 6.42 Å². The normalized spacial score (nSPS) is 27.2. The molecule has 0 bridgehead atoms. The molecule has 0 aromatic carbocycles. The van der Waals surface area contributed by atoms with Crippen molar-refractivity contribution < 1.29 is 4.84 Å². The first kappa shape index (κ1) is 5.89. The van der Waals surface area contributed by atoms with Crippen LogP contribution in [0.5, 0.6) is 0 Å². The van der Waals surface area contributed by atoms with Crippen molar-refractivity contribution in [1.82, 2.24) is 0 Å². The maximum Gasteiger partial charge on any atom is 0.149 e. The average Bonchev–Trinajstić information content (AvgIpc) is 2.14. The molecule has 1 aliphatic rings. The van der Waals surface area contributed by atoms with Crippen LogP contribution in [0.3, 0.4) is 0 Å². The quantitative estimate of drug-likeness (QED) is 0.534. The molecule has 0 aliphatic carbocycles. The molecule has 3 heteroatoms. The number of rotatable bonds is 1. The van der Waals surface area contributed by atoms with Crippen LogP contribution in [0.1, 0.15) is 19.8 Å². The Morgan fingerprint density at radius 1 is 2.00 bits per heavy atom. The van der Waals surface area contributed by atoms with Gasteiger partial charge in [0.1, 0.15) is 11.3 Å². The highest BCUT2D eigenvalue weighted by Gasteiger charge is 2.16. The fraction of sp³-hybridized carbons (Fsp3) is 0.800. The fourth-order valence-electron chi connectivity index (χ4n) is 0.613. The zero-order chi connectivity index (χ0) is 5.98. The standard InChI is InChI=1S/C5H8ClNO/c1-2-4-3-5(6)7-8-4/h4H,2-3H2,1H3. The Morgan fingerprint density at radius 3 is 3.00 bits per heavy atom. The van der Waals surface area contributed by atoms with Gasteiger partial charge in [0.2, 0.25) is 0 Å². The summed E-state index contributed by atoms with van der Waals surface area (Å²) >= 11 is 5.51. The summed E-state index contributed by atoms with van der Waals surface area (Å²) in [4.78, 5) is 4.87. The highest BCUT2D eigenvalue weighted by atomic mass is 35.5. The smallest absolute Gasteiger partial charge is 0.149 e. The predicted molar refractivity (Wildman–Crippen MR) is 33.1 cm³/mol. The van der Waals surface area contributed by atoms with Crippen LogP contribution in [0.15, 0.2) is 5.16 Å². The lowest BCUT2D eigenvalue weighted by Gasteiger charge is -1.99. The number of halogens is 1. The van der Waals surface area contributed by atoms with Gasteiger partial charge >= 0.3 is 0 Å². The van der Waals surface area contributed by atoms with Gasteiger partial charge in [0.15, 0.2) is 0 Å². The summed E-state index contributed by atoms with van der Waals surface area (Å²) in [6.07, 6.45) is 2.01. The largest absolute Gasteiger partial charge is 0.391 e. The van der Waals surface area contributed by atoms with E-state index in [-0.39, 0.29) is 6.10 Å². The molecule has 0 spiro atoms. The molecule has 0 saturated carbocycles. The van der Waals surface area contributed by atoms with E-state index < -0.39 is 0 Å². The van der Waals surface area contributed by atoms with Gasteiger partial charge in [-0.2, -0.15) is 0 Å². The molecule has 0 radical (unpaired) electrons. The van der Waals surface area contributed by atoms with Crippen LogP contribution in [0.4, 0.5) is 0 Å². The van der Waals surface area contributed by atoms with Gasteiger partial charge in [-0.1, -0.05) is 23.7 Å². The third kappa shape index (κ3) is 1.13. The third-order valence-electron chi connectivity index (χ3n) is 1.15. The maximum absolute atomic E-state index is 5.51. The third-order valence-corrected chi connectivity index (χ3v) is 1.38. The molecular weight excluding hydrogens is 126 g/mol. The topological polar surface area (TPSA) is 21.6 Å². The number of oxime groups is 1. The molecule has 0 N–H and O–H groups in total. The molecule has 0 saturated heterocycles. The van der Waals surface area contributed by atoms with Crippen LogP contribution in [0.2, 0.25) is 0 Å². The number of hydrogen-bond acceptors (Lipinski definition) is 2. The van der Waals surface area contributed by atoms with Gasteiger partial charge in [-0.15, -0.1) is 0 Å². The first-order valence-corrected chi connectivity index (χ1v) is 3.09. The van der Waals surface area contributed by atoms with Crippen molar-refractivity contribution in [2.45, 2.75) is 25.9 Å². The van der Waals surface area contributed by atoms with Crippen LogP contribution >= 0.6 is 11.6 Å². The molecule has 1 rings (SSSR count).